The van der Waals surface area contributed by atoms with E-state index < -0.39 is 11.9 Å². The van der Waals surface area contributed by atoms with Gasteiger partial charge in [0.15, 0.2) is 0 Å². The van der Waals surface area contributed by atoms with Gasteiger partial charge in [-0.15, -0.1) is 0 Å². The molecule has 2 atom stereocenters. The number of carbonyl (C=O) groups is 1. The maximum Gasteiger partial charge on any atom is 0.223 e. The quantitative estimate of drug-likeness (QED) is 0.928. The first-order chi connectivity index (χ1) is 9.06. The van der Waals surface area contributed by atoms with Crippen LogP contribution in [0.3, 0.4) is 0 Å². The molecule has 3 nitrogen and oxygen atoms in total. The average Bonchev–Trinajstić information content (AvgIpc) is 2.37. The monoisotopic (exact) mass is 284 g/mol. The van der Waals surface area contributed by atoms with E-state index in [9.17, 15) is 9.18 Å². The lowest BCUT2D eigenvalue weighted by molar-refractivity contribution is -0.137. The zero-order valence-corrected chi connectivity index (χ0v) is 11.7. The van der Waals surface area contributed by atoms with Gasteiger partial charge in [-0.05, 0) is 25.0 Å². The van der Waals surface area contributed by atoms with Crippen molar-refractivity contribution >= 4 is 17.5 Å². The second-order valence-corrected chi connectivity index (χ2v) is 5.28. The first kappa shape index (κ1) is 14.3. The minimum atomic E-state index is -0.463. The van der Waals surface area contributed by atoms with Crippen LogP contribution in [0.5, 0.6) is 0 Å². The third-order valence-electron chi connectivity index (χ3n) is 3.51. The second-order valence-electron chi connectivity index (χ2n) is 4.87. The largest absolute Gasteiger partial charge is 0.334 e. The summed E-state index contributed by atoms with van der Waals surface area (Å²) in [5, 5.41) is 0.330. The summed E-state index contributed by atoms with van der Waals surface area (Å²) in [6, 6.07) is 3.81. The molecular formula is C14H18ClFN2O. The molecule has 19 heavy (non-hydrogen) atoms. The van der Waals surface area contributed by atoms with Gasteiger partial charge in [0, 0.05) is 29.6 Å². The summed E-state index contributed by atoms with van der Waals surface area (Å²) in [4.78, 5) is 13.7. The van der Waals surface area contributed by atoms with Gasteiger partial charge < -0.3 is 10.6 Å². The van der Waals surface area contributed by atoms with Gasteiger partial charge in [0.05, 0.1) is 6.04 Å². The highest BCUT2D eigenvalue weighted by molar-refractivity contribution is 6.31. The number of likely N-dealkylation sites (tertiary alicyclic amines) is 1. The van der Waals surface area contributed by atoms with E-state index in [1.54, 1.807) is 17.0 Å². The maximum absolute atomic E-state index is 14.1. The summed E-state index contributed by atoms with van der Waals surface area (Å²) < 4.78 is 14.1. The van der Waals surface area contributed by atoms with Crippen LogP contribution in [-0.4, -0.2) is 23.4 Å². The van der Waals surface area contributed by atoms with Crippen LogP contribution in [0.4, 0.5) is 4.39 Å². The van der Waals surface area contributed by atoms with E-state index in [4.69, 9.17) is 17.3 Å². The fourth-order valence-corrected chi connectivity index (χ4v) is 2.92. The standard InChI is InChI=1S/C14H18ClFN2O/c1-2-8-18-12(19)7-6-11(17)14(18)13-9(15)4-3-5-10(13)16/h3-5,11,14H,2,6-8,17H2,1H3. The lowest BCUT2D eigenvalue weighted by Crippen LogP contribution is -2.49. The van der Waals surface area contributed by atoms with Crippen molar-refractivity contribution in [2.45, 2.75) is 38.3 Å². The summed E-state index contributed by atoms with van der Waals surface area (Å²) in [5.74, 6) is -0.378. The van der Waals surface area contributed by atoms with Crippen molar-refractivity contribution < 1.29 is 9.18 Å². The zero-order valence-electron chi connectivity index (χ0n) is 10.9. The van der Waals surface area contributed by atoms with E-state index in [1.165, 1.54) is 6.07 Å². The number of carbonyl (C=O) groups excluding carboxylic acids is 1. The van der Waals surface area contributed by atoms with Crippen LogP contribution in [0.1, 0.15) is 37.8 Å². The van der Waals surface area contributed by atoms with E-state index in [-0.39, 0.29) is 11.9 Å². The van der Waals surface area contributed by atoms with Gasteiger partial charge in [0.1, 0.15) is 5.82 Å². The summed E-state index contributed by atoms with van der Waals surface area (Å²) in [6.07, 6.45) is 1.79. The molecule has 1 aliphatic rings. The first-order valence-electron chi connectivity index (χ1n) is 6.55. The Labute approximate surface area is 117 Å². The lowest BCUT2D eigenvalue weighted by Gasteiger charge is -2.40. The molecule has 2 rings (SSSR count). The fourth-order valence-electron chi connectivity index (χ4n) is 2.65. The number of amides is 1. The number of rotatable bonds is 3. The van der Waals surface area contributed by atoms with Crippen molar-refractivity contribution in [2.75, 3.05) is 6.54 Å². The fraction of sp³-hybridized carbons (Fsp3) is 0.500. The topological polar surface area (TPSA) is 46.3 Å². The van der Waals surface area contributed by atoms with Gasteiger partial charge in [0.25, 0.3) is 0 Å². The molecule has 0 aromatic heterocycles. The van der Waals surface area contributed by atoms with E-state index in [0.29, 0.717) is 30.0 Å². The number of nitrogens with two attached hydrogens (primary N) is 1. The number of benzene rings is 1. The van der Waals surface area contributed by atoms with Gasteiger partial charge in [-0.25, -0.2) is 4.39 Å². The highest BCUT2D eigenvalue weighted by Gasteiger charge is 2.36. The molecule has 1 aliphatic heterocycles. The van der Waals surface area contributed by atoms with Crippen LogP contribution in [0, 0.1) is 5.82 Å². The predicted octanol–water partition coefficient (Wildman–Crippen LogP) is 2.88. The number of hydrogen-bond acceptors (Lipinski definition) is 2. The minimum Gasteiger partial charge on any atom is -0.334 e. The van der Waals surface area contributed by atoms with Crippen molar-refractivity contribution in [3.8, 4) is 0 Å². The highest BCUT2D eigenvalue weighted by atomic mass is 35.5. The molecule has 5 heteroatoms. The van der Waals surface area contributed by atoms with Crippen molar-refractivity contribution in [3.05, 3.63) is 34.6 Å². The van der Waals surface area contributed by atoms with Crippen LogP contribution in [0.15, 0.2) is 18.2 Å². The predicted molar refractivity (Wildman–Crippen MR) is 73.4 cm³/mol. The van der Waals surface area contributed by atoms with Crippen LogP contribution in [0.2, 0.25) is 5.02 Å². The Morgan fingerprint density at radius 2 is 2.26 bits per heavy atom. The highest BCUT2D eigenvalue weighted by Crippen LogP contribution is 2.36. The van der Waals surface area contributed by atoms with Crippen molar-refractivity contribution in [1.29, 1.82) is 0 Å². The molecule has 104 valence electrons. The molecule has 1 aromatic rings. The molecule has 0 saturated carbocycles. The molecule has 1 aromatic carbocycles. The Morgan fingerprint density at radius 3 is 2.89 bits per heavy atom. The Balaban J connectivity index is 2.45. The Morgan fingerprint density at radius 1 is 1.53 bits per heavy atom. The lowest BCUT2D eigenvalue weighted by atomic mass is 9.90. The Kier molecular flexibility index (Phi) is 4.42. The number of nitrogens with zero attached hydrogens (tertiary/aromatic N) is 1. The molecule has 0 radical (unpaired) electrons. The van der Waals surface area contributed by atoms with Gasteiger partial charge in [-0.3, -0.25) is 4.79 Å². The molecule has 1 fully saturated rings. The van der Waals surface area contributed by atoms with Gasteiger partial charge in [-0.1, -0.05) is 24.6 Å². The van der Waals surface area contributed by atoms with Gasteiger partial charge in [-0.2, -0.15) is 0 Å². The van der Waals surface area contributed by atoms with E-state index in [0.717, 1.165) is 6.42 Å². The average molecular weight is 285 g/mol. The summed E-state index contributed by atoms with van der Waals surface area (Å²) in [6.45, 7) is 2.55. The molecule has 0 aliphatic carbocycles. The van der Waals surface area contributed by atoms with Crippen LogP contribution in [0.25, 0.3) is 0 Å². The summed E-state index contributed by atoms with van der Waals surface area (Å²) in [5.41, 5.74) is 6.46. The summed E-state index contributed by atoms with van der Waals surface area (Å²) in [7, 11) is 0. The van der Waals surface area contributed by atoms with Crippen LogP contribution in [-0.2, 0) is 4.79 Å². The molecule has 1 saturated heterocycles. The zero-order chi connectivity index (χ0) is 14.0. The SMILES string of the molecule is CCCN1C(=O)CCC(N)C1c1c(F)cccc1Cl. The van der Waals surface area contributed by atoms with E-state index in [1.807, 2.05) is 6.92 Å². The van der Waals surface area contributed by atoms with E-state index >= 15 is 0 Å². The minimum absolute atomic E-state index is 0.0212. The molecule has 1 amide bonds. The molecule has 0 bridgehead atoms. The number of piperidine rings is 1. The molecule has 2 N–H and O–H groups in total. The molecule has 2 unspecified atom stereocenters. The van der Waals surface area contributed by atoms with Crippen molar-refractivity contribution in [2.24, 2.45) is 5.73 Å². The molecular weight excluding hydrogens is 267 g/mol. The van der Waals surface area contributed by atoms with Crippen molar-refractivity contribution in [3.63, 3.8) is 0 Å². The first-order valence-corrected chi connectivity index (χ1v) is 6.93. The summed E-state index contributed by atoms with van der Waals surface area (Å²) >= 11 is 6.11. The molecule has 1 heterocycles. The third kappa shape index (κ3) is 2.74. The normalized spacial score (nSPS) is 23.8. The Bertz CT molecular complexity index is 460. The van der Waals surface area contributed by atoms with E-state index in [2.05, 4.69) is 0 Å². The van der Waals surface area contributed by atoms with Gasteiger partial charge in [0.2, 0.25) is 5.91 Å². The van der Waals surface area contributed by atoms with Crippen LogP contribution >= 0.6 is 11.6 Å². The number of hydrogen-bond donors (Lipinski definition) is 1. The van der Waals surface area contributed by atoms with Gasteiger partial charge >= 0.3 is 0 Å². The second kappa shape index (κ2) is 5.88. The third-order valence-corrected chi connectivity index (χ3v) is 3.84. The maximum atomic E-state index is 14.1. The molecule has 0 spiro atoms. The van der Waals surface area contributed by atoms with Crippen LogP contribution < -0.4 is 5.73 Å². The smallest absolute Gasteiger partial charge is 0.223 e. The number of halogens is 2. The Hall–Kier alpha value is -1.13. The van der Waals surface area contributed by atoms with Crippen molar-refractivity contribution in [1.82, 2.24) is 4.90 Å².